The lowest BCUT2D eigenvalue weighted by Gasteiger charge is -2.27. The monoisotopic (exact) mass is 504 g/mol. The van der Waals surface area contributed by atoms with Crippen LogP contribution in [0, 0.1) is 11.8 Å². The standard InChI is InChI=1S/C27H30N6O2.H2S/c1-31-24-19(10-18(12-22(24)35-2)27(34)33-14-17-7-8-20(33)23(17)28)30-26(31)21-11-16-4-3-9-29-25(16)32(21)13-15-5-6-15;/h3-4,9-12,15,17,20,23H,5-8,13-14,28H2,1-2H3;1H2/t17?,20?,23-;/m0./s1. The van der Waals surface area contributed by atoms with Crippen molar-refractivity contribution in [2.24, 2.45) is 24.6 Å². The molecule has 4 heterocycles. The van der Waals surface area contributed by atoms with Crippen molar-refractivity contribution in [3.05, 3.63) is 42.1 Å². The summed E-state index contributed by atoms with van der Waals surface area (Å²) in [4.78, 5) is 25.2. The number of rotatable bonds is 5. The largest absolute Gasteiger partial charge is 0.494 e. The maximum absolute atomic E-state index is 13.5. The van der Waals surface area contributed by atoms with Gasteiger partial charge >= 0.3 is 0 Å². The van der Waals surface area contributed by atoms with E-state index in [-0.39, 0.29) is 31.5 Å². The van der Waals surface area contributed by atoms with Gasteiger partial charge in [-0.05, 0) is 67.9 Å². The molecule has 188 valence electrons. The number of nitrogens with zero attached hydrogens (tertiary/aromatic N) is 5. The zero-order valence-corrected chi connectivity index (χ0v) is 21.6. The number of hydrogen-bond donors (Lipinski definition) is 1. The zero-order chi connectivity index (χ0) is 23.8. The second kappa shape index (κ2) is 8.52. The number of nitrogens with two attached hydrogens (primary N) is 1. The van der Waals surface area contributed by atoms with Gasteiger partial charge < -0.3 is 24.5 Å². The predicted octanol–water partition coefficient (Wildman–Crippen LogP) is 3.68. The summed E-state index contributed by atoms with van der Waals surface area (Å²) in [7, 11) is 3.66. The van der Waals surface area contributed by atoms with Crippen molar-refractivity contribution in [3.8, 4) is 17.3 Å². The van der Waals surface area contributed by atoms with E-state index >= 15 is 0 Å². The third kappa shape index (κ3) is 3.43. The van der Waals surface area contributed by atoms with Crippen LogP contribution in [0.5, 0.6) is 5.75 Å². The quantitative estimate of drug-likeness (QED) is 0.448. The number of ether oxygens (including phenoxy) is 1. The number of fused-ring (bicyclic) bond motifs is 4. The summed E-state index contributed by atoms with van der Waals surface area (Å²) >= 11 is 0. The Labute approximate surface area is 216 Å². The molecule has 2 aliphatic carbocycles. The number of carbonyl (C=O) groups is 1. The molecule has 3 fully saturated rings. The predicted molar refractivity (Wildman–Crippen MR) is 145 cm³/mol. The highest BCUT2D eigenvalue weighted by atomic mass is 32.1. The first-order valence-corrected chi connectivity index (χ1v) is 12.6. The minimum Gasteiger partial charge on any atom is -0.494 e. The second-order valence-electron chi connectivity index (χ2n) is 10.5. The SMILES string of the molecule is COc1cc(C(=O)N2CC3CCC2[C@H]3N)cc2nc(-c3cc4cccnc4n3CC3CC3)n(C)c12.S. The minimum absolute atomic E-state index is 0. The summed E-state index contributed by atoms with van der Waals surface area (Å²) in [6.45, 7) is 1.68. The molecule has 3 aromatic heterocycles. The van der Waals surface area contributed by atoms with Crippen LogP contribution >= 0.6 is 13.5 Å². The number of piperidine rings is 1. The van der Waals surface area contributed by atoms with Gasteiger partial charge in [0.15, 0.2) is 5.82 Å². The zero-order valence-electron chi connectivity index (χ0n) is 20.6. The Kier molecular flexibility index (Phi) is 5.53. The molecule has 0 spiro atoms. The molecule has 8 nitrogen and oxygen atoms in total. The molecule has 2 unspecified atom stereocenters. The molecular formula is C27H32N6O2S. The molecule has 1 saturated heterocycles. The molecule has 1 aliphatic heterocycles. The Morgan fingerprint density at radius 3 is 2.72 bits per heavy atom. The number of hydrogen-bond acceptors (Lipinski definition) is 5. The van der Waals surface area contributed by atoms with E-state index in [1.165, 1.54) is 12.8 Å². The molecule has 3 atom stereocenters. The van der Waals surface area contributed by atoms with Crippen LogP contribution in [-0.2, 0) is 13.6 Å². The third-order valence-corrected chi connectivity index (χ3v) is 8.34. The highest BCUT2D eigenvalue weighted by Gasteiger charge is 2.47. The molecule has 1 aromatic carbocycles. The van der Waals surface area contributed by atoms with Gasteiger partial charge in [0.25, 0.3) is 5.91 Å². The second-order valence-corrected chi connectivity index (χ2v) is 10.5. The van der Waals surface area contributed by atoms with Crippen molar-refractivity contribution in [1.82, 2.24) is 24.0 Å². The Balaban J connectivity index is 0.00000240. The van der Waals surface area contributed by atoms with Crippen molar-refractivity contribution < 1.29 is 9.53 Å². The van der Waals surface area contributed by atoms with Crippen LogP contribution in [0.3, 0.4) is 0 Å². The van der Waals surface area contributed by atoms with Gasteiger partial charge in [-0.3, -0.25) is 4.79 Å². The molecule has 3 aliphatic rings. The van der Waals surface area contributed by atoms with Crippen molar-refractivity contribution in [1.29, 1.82) is 0 Å². The maximum Gasteiger partial charge on any atom is 0.254 e. The number of aromatic nitrogens is 4. The Morgan fingerprint density at radius 1 is 1.19 bits per heavy atom. The fourth-order valence-corrected chi connectivity index (χ4v) is 6.28. The van der Waals surface area contributed by atoms with Crippen molar-refractivity contribution in [3.63, 3.8) is 0 Å². The average molecular weight is 505 g/mol. The Bertz CT molecular complexity index is 1490. The third-order valence-electron chi connectivity index (χ3n) is 8.34. The van der Waals surface area contributed by atoms with E-state index in [0.717, 1.165) is 59.5 Å². The fraction of sp³-hybridized carbons (Fsp3) is 0.444. The highest BCUT2D eigenvalue weighted by molar-refractivity contribution is 7.59. The fourth-order valence-electron chi connectivity index (χ4n) is 6.28. The molecule has 7 rings (SSSR count). The van der Waals surface area contributed by atoms with Crippen LogP contribution in [0.25, 0.3) is 33.6 Å². The average Bonchev–Trinajstić information content (AvgIpc) is 3.27. The summed E-state index contributed by atoms with van der Waals surface area (Å²) in [6, 6.07) is 10.2. The Morgan fingerprint density at radius 2 is 2.03 bits per heavy atom. The summed E-state index contributed by atoms with van der Waals surface area (Å²) in [5.41, 5.74) is 10.7. The highest BCUT2D eigenvalue weighted by Crippen LogP contribution is 2.40. The van der Waals surface area contributed by atoms with Gasteiger partial charge in [0.05, 0.1) is 18.3 Å². The van der Waals surface area contributed by atoms with E-state index in [1.54, 1.807) is 7.11 Å². The van der Waals surface area contributed by atoms with E-state index in [2.05, 4.69) is 26.3 Å². The summed E-state index contributed by atoms with van der Waals surface area (Å²) in [5, 5.41) is 1.11. The normalized spacial score (nSPS) is 23.0. The van der Waals surface area contributed by atoms with E-state index < -0.39 is 0 Å². The maximum atomic E-state index is 13.5. The lowest BCUT2D eigenvalue weighted by Crippen LogP contribution is -2.41. The summed E-state index contributed by atoms with van der Waals surface area (Å²) in [5.74, 6) is 2.64. The number of methoxy groups -OCH3 is 1. The van der Waals surface area contributed by atoms with Gasteiger partial charge in [0, 0.05) is 49.4 Å². The number of amides is 1. The summed E-state index contributed by atoms with van der Waals surface area (Å²) in [6.07, 6.45) is 6.48. The number of likely N-dealkylation sites (tertiary alicyclic amines) is 1. The molecule has 2 saturated carbocycles. The van der Waals surface area contributed by atoms with Crippen LogP contribution in [-0.4, -0.2) is 55.6 Å². The Hall–Kier alpha value is -3.04. The number of pyridine rings is 1. The minimum atomic E-state index is 0. The number of aryl methyl sites for hydroxylation is 1. The molecule has 9 heteroatoms. The lowest BCUT2D eigenvalue weighted by molar-refractivity contribution is 0.0700. The first kappa shape index (κ1) is 23.4. The van der Waals surface area contributed by atoms with Gasteiger partial charge in [-0.2, -0.15) is 13.5 Å². The van der Waals surface area contributed by atoms with Crippen LogP contribution in [0.4, 0.5) is 0 Å². The molecule has 2 N–H and O–H groups in total. The lowest BCUT2D eigenvalue weighted by atomic mass is 10.1. The van der Waals surface area contributed by atoms with E-state index in [0.29, 0.717) is 23.1 Å². The van der Waals surface area contributed by atoms with Crippen LogP contribution in [0.2, 0.25) is 0 Å². The first-order valence-electron chi connectivity index (χ1n) is 12.6. The molecular weight excluding hydrogens is 472 g/mol. The topological polar surface area (TPSA) is 91.2 Å². The van der Waals surface area contributed by atoms with E-state index in [4.69, 9.17) is 15.5 Å². The first-order chi connectivity index (χ1) is 17.0. The van der Waals surface area contributed by atoms with Gasteiger partial charge in [0.2, 0.25) is 0 Å². The molecule has 1 amide bonds. The van der Waals surface area contributed by atoms with Crippen molar-refractivity contribution in [2.75, 3.05) is 13.7 Å². The number of carbonyl (C=O) groups excluding carboxylic acids is 1. The van der Waals surface area contributed by atoms with Crippen LogP contribution in [0.1, 0.15) is 36.0 Å². The smallest absolute Gasteiger partial charge is 0.254 e. The number of imidazole rings is 1. The van der Waals surface area contributed by atoms with Gasteiger partial charge in [0.1, 0.15) is 16.9 Å². The van der Waals surface area contributed by atoms with Crippen molar-refractivity contribution >= 4 is 41.5 Å². The summed E-state index contributed by atoms with van der Waals surface area (Å²) < 4.78 is 10.2. The number of benzene rings is 1. The van der Waals surface area contributed by atoms with Crippen LogP contribution in [0.15, 0.2) is 36.5 Å². The van der Waals surface area contributed by atoms with Crippen LogP contribution < -0.4 is 10.5 Å². The molecule has 0 radical (unpaired) electrons. The van der Waals surface area contributed by atoms with Gasteiger partial charge in [-0.15, -0.1) is 0 Å². The van der Waals surface area contributed by atoms with E-state index in [1.807, 2.05) is 36.3 Å². The van der Waals surface area contributed by atoms with E-state index in [9.17, 15) is 4.79 Å². The van der Waals surface area contributed by atoms with Gasteiger partial charge in [-0.25, -0.2) is 9.97 Å². The molecule has 36 heavy (non-hydrogen) atoms. The van der Waals surface area contributed by atoms with Crippen molar-refractivity contribution in [2.45, 2.75) is 44.3 Å². The van der Waals surface area contributed by atoms with Gasteiger partial charge in [-0.1, -0.05) is 0 Å². The molecule has 2 bridgehead atoms. The molecule has 4 aromatic rings.